The molecule has 2 saturated carbocycles. The van der Waals surface area contributed by atoms with Gasteiger partial charge < -0.3 is 4.74 Å². The van der Waals surface area contributed by atoms with E-state index in [1.54, 1.807) is 0 Å². The number of halogens is 1. The molecule has 0 spiro atoms. The third kappa shape index (κ3) is 4.87. The summed E-state index contributed by atoms with van der Waals surface area (Å²) < 4.78 is 6.97. The number of nitrogens with zero attached hydrogens (tertiary/aromatic N) is 1. The lowest BCUT2D eigenvalue weighted by atomic mass is 9.63. The van der Waals surface area contributed by atoms with Gasteiger partial charge in [0.1, 0.15) is 11.9 Å². The van der Waals surface area contributed by atoms with Crippen LogP contribution >= 0.6 is 15.9 Å². The first-order chi connectivity index (χ1) is 14.7. The Balaban J connectivity index is 1.75. The monoisotopic (exact) mass is 485 g/mol. The highest BCUT2D eigenvalue weighted by atomic mass is 79.9. The molecule has 2 aliphatic carbocycles. The number of ketones is 1. The second-order valence-corrected chi connectivity index (χ2v) is 11.0. The number of hydrogen-bond donors (Lipinski definition) is 0. The van der Waals surface area contributed by atoms with Crippen LogP contribution in [0.2, 0.25) is 0 Å². The molecule has 2 fully saturated rings. The molecule has 1 aromatic carbocycles. The molecule has 0 N–H and O–H groups in total. The van der Waals surface area contributed by atoms with Crippen molar-refractivity contribution >= 4 is 33.4 Å². The highest BCUT2D eigenvalue weighted by Gasteiger charge is 2.47. The molecule has 4 nitrogen and oxygen atoms in total. The van der Waals surface area contributed by atoms with Gasteiger partial charge in [-0.15, -0.1) is 0 Å². The number of allylic oxidation sites excluding steroid dienone is 1. The van der Waals surface area contributed by atoms with Crippen molar-refractivity contribution in [3.05, 3.63) is 45.6 Å². The largest absolute Gasteiger partial charge is 0.459 e. The highest BCUT2D eigenvalue weighted by Crippen LogP contribution is 2.47. The van der Waals surface area contributed by atoms with Crippen molar-refractivity contribution in [2.45, 2.75) is 84.2 Å². The maximum Gasteiger partial charge on any atom is 0.336 e. The summed E-state index contributed by atoms with van der Waals surface area (Å²) in [7, 11) is 0. The Hall–Kier alpha value is -1.75. The molecular formula is C26H32BrNO3. The minimum atomic E-state index is -0.386. The van der Waals surface area contributed by atoms with E-state index in [4.69, 9.17) is 9.73 Å². The van der Waals surface area contributed by atoms with Crippen LogP contribution in [0.4, 0.5) is 0 Å². The summed E-state index contributed by atoms with van der Waals surface area (Å²) in [6.07, 6.45) is 7.70. The van der Waals surface area contributed by atoms with Crippen LogP contribution in [-0.2, 0) is 14.3 Å². The molecule has 0 bridgehead atoms. The van der Waals surface area contributed by atoms with Crippen LogP contribution in [0.1, 0.15) is 83.6 Å². The van der Waals surface area contributed by atoms with Crippen LogP contribution in [0, 0.1) is 11.3 Å². The van der Waals surface area contributed by atoms with Crippen LogP contribution < -0.4 is 0 Å². The minimum Gasteiger partial charge on any atom is -0.459 e. The lowest BCUT2D eigenvalue weighted by molar-refractivity contribution is -0.145. The van der Waals surface area contributed by atoms with E-state index in [2.05, 4.69) is 29.8 Å². The number of fused-ring (bicyclic) bond motifs is 1. The molecule has 2 atom stereocenters. The zero-order valence-corrected chi connectivity index (χ0v) is 20.3. The zero-order valence-electron chi connectivity index (χ0n) is 18.7. The topological polar surface area (TPSA) is 55.7 Å². The molecule has 31 heavy (non-hydrogen) atoms. The Bertz CT molecular complexity index is 938. The van der Waals surface area contributed by atoms with E-state index >= 15 is 0 Å². The molecule has 0 amide bonds. The molecule has 3 aliphatic rings. The van der Waals surface area contributed by atoms with Crippen molar-refractivity contribution in [3.63, 3.8) is 0 Å². The average Bonchev–Trinajstić information content (AvgIpc) is 2.94. The Labute approximate surface area is 193 Å². The standard InChI is InChI=1S/C26H32BrNO3/c1-16-22(25(30)31-19-11-6-4-5-7-12-19)23(17-9-8-10-18(27)13-17)24-20(28-16)14-26(2,3)15-21(24)29/h8-10,13,19,23-24H,4-7,11-12,14-15H2,1-3H3. The number of rotatable bonds is 3. The van der Waals surface area contributed by atoms with E-state index in [-0.39, 0.29) is 35.1 Å². The molecule has 0 saturated heterocycles. The summed E-state index contributed by atoms with van der Waals surface area (Å²) in [5.74, 6) is -0.850. The van der Waals surface area contributed by atoms with Gasteiger partial charge in [0.15, 0.2) is 0 Å². The predicted octanol–water partition coefficient (Wildman–Crippen LogP) is 6.53. The number of Topliss-reactive ketones (excluding diaryl/α,β-unsaturated/α-hetero) is 1. The molecule has 1 aromatic rings. The average molecular weight is 486 g/mol. The minimum absolute atomic E-state index is 0.0372. The summed E-state index contributed by atoms with van der Waals surface area (Å²) in [6.45, 7) is 6.13. The van der Waals surface area contributed by atoms with Gasteiger partial charge in [-0.05, 0) is 62.1 Å². The van der Waals surface area contributed by atoms with Gasteiger partial charge in [-0.1, -0.05) is 54.8 Å². The summed E-state index contributed by atoms with van der Waals surface area (Å²) in [5.41, 5.74) is 3.03. The van der Waals surface area contributed by atoms with Crippen molar-refractivity contribution in [1.82, 2.24) is 0 Å². The number of carbonyl (C=O) groups excluding carboxylic acids is 2. The molecule has 4 rings (SSSR count). The van der Waals surface area contributed by atoms with Gasteiger partial charge in [0, 0.05) is 28.2 Å². The van der Waals surface area contributed by atoms with Crippen LogP contribution in [0.3, 0.4) is 0 Å². The first kappa shape index (κ1) is 22.4. The lowest BCUT2D eigenvalue weighted by Crippen LogP contribution is -2.44. The predicted molar refractivity (Wildman–Crippen MR) is 126 cm³/mol. The summed E-state index contributed by atoms with van der Waals surface area (Å²) in [4.78, 5) is 31.7. The second kappa shape index (κ2) is 9.01. The van der Waals surface area contributed by atoms with Gasteiger partial charge in [0.05, 0.1) is 11.5 Å². The van der Waals surface area contributed by atoms with E-state index in [0.717, 1.165) is 47.9 Å². The van der Waals surface area contributed by atoms with Crippen molar-refractivity contribution in [2.24, 2.45) is 16.3 Å². The Kier molecular flexibility index (Phi) is 6.52. The van der Waals surface area contributed by atoms with Crippen molar-refractivity contribution in [2.75, 3.05) is 0 Å². The van der Waals surface area contributed by atoms with Gasteiger partial charge in [-0.3, -0.25) is 9.79 Å². The quantitative estimate of drug-likeness (QED) is 0.361. The van der Waals surface area contributed by atoms with E-state index in [9.17, 15) is 9.59 Å². The van der Waals surface area contributed by atoms with Gasteiger partial charge in [-0.25, -0.2) is 4.79 Å². The number of hydrogen-bond acceptors (Lipinski definition) is 4. The fourth-order valence-corrected chi connectivity index (χ4v) is 5.91. The molecule has 0 radical (unpaired) electrons. The molecule has 1 heterocycles. The molecular weight excluding hydrogens is 454 g/mol. The number of benzene rings is 1. The molecule has 5 heteroatoms. The Morgan fingerprint density at radius 2 is 1.81 bits per heavy atom. The molecule has 1 aliphatic heterocycles. The van der Waals surface area contributed by atoms with Crippen molar-refractivity contribution < 1.29 is 14.3 Å². The first-order valence-electron chi connectivity index (χ1n) is 11.5. The van der Waals surface area contributed by atoms with Crippen molar-refractivity contribution in [1.29, 1.82) is 0 Å². The fraction of sp³-hybridized carbons (Fsp3) is 0.577. The smallest absolute Gasteiger partial charge is 0.336 e. The first-order valence-corrected chi connectivity index (χ1v) is 12.3. The second-order valence-electron chi connectivity index (χ2n) is 10.1. The molecule has 166 valence electrons. The zero-order chi connectivity index (χ0) is 22.2. The van der Waals surface area contributed by atoms with E-state index < -0.39 is 0 Å². The van der Waals surface area contributed by atoms with E-state index in [0.29, 0.717) is 17.7 Å². The van der Waals surface area contributed by atoms with Crippen LogP contribution in [-0.4, -0.2) is 23.6 Å². The number of carbonyl (C=O) groups is 2. The summed E-state index contributed by atoms with van der Waals surface area (Å²) >= 11 is 3.56. The number of aliphatic imine (C=N–C) groups is 1. The van der Waals surface area contributed by atoms with Gasteiger partial charge in [0.25, 0.3) is 0 Å². The highest BCUT2D eigenvalue weighted by molar-refractivity contribution is 9.10. The molecule has 0 aromatic heterocycles. The van der Waals surface area contributed by atoms with Crippen molar-refractivity contribution in [3.8, 4) is 0 Å². The Morgan fingerprint density at radius 1 is 1.10 bits per heavy atom. The third-order valence-corrected chi connectivity index (χ3v) is 7.36. The normalized spacial score (nSPS) is 26.7. The van der Waals surface area contributed by atoms with E-state index in [1.165, 1.54) is 12.8 Å². The summed E-state index contributed by atoms with van der Waals surface area (Å²) in [5, 5.41) is 0. The SMILES string of the molecule is CC1=C(C(=O)OC2CCCCCC2)C(c2cccc(Br)c2)C2C(=O)CC(C)(C)CC2=N1. The van der Waals surface area contributed by atoms with Crippen LogP contribution in [0.5, 0.6) is 0 Å². The molecule has 2 unspecified atom stereocenters. The third-order valence-electron chi connectivity index (χ3n) is 6.87. The number of ether oxygens (including phenoxy) is 1. The lowest BCUT2D eigenvalue weighted by Gasteiger charge is -2.41. The maximum atomic E-state index is 13.5. The summed E-state index contributed by atoms with van der Waals surface area (Å²) in [6, 6.07) is 7.96. The van der Waals surface area contributed by atoms with Crippen LogP contribution in [0.15, 0.2) is 45.0 Å². The van der Waals surface area contributed by atoms with Crippen LogP contribution in [0.25, 0.3) is 0 Å². The van der Waals surface area contributed by atoms with Gasteiger partial charge >= 0.3 is 5.97 Å². The van der Waals surface area contributed by atoms with E-state index in [1.807, 2.05) is 31.2 Å². The fourth-order valence-electron chi connectivity index (χ4n) is 5.49. The van der Waals surface area contributed by atoms with Gasteiger partial charge in [0.2, 0.25) is 0 Å². The maximum absolute atomic E-state index is 13.5. The number of esters is 1. The Morgan fingerprint density at radius 3 is 2.48 bits per heavy atom. The van der Waals surface area contributed by atoms with Gasteiger partial charge in [-0.2, -0.15) is 0 Å².